The molecule has 1 aliphatic heterocycles. The van der Waals surface area contributed by atoms with Crippen molar-refractivity contribution in [3.05, 3.63) is 35.1 Å². The Morgan fingerprint density at radius 3 is 3.00 bits per heavy atom. The number of nitrogens with one attached hydrogen (secondary N) is 1. The lowest BCUT2D eigenvalue weighted by atomic mass is 10.0. The minimum atomic E-state index is -1.00. The Bertz CT molecular complexity index is 456. The quantitative estimate of drug-likeness (QED) is 0.845. The summed E-state index contributed by atoms with van der Waals surface area (Å²) in [6.07, 6.45) is 0.496. The Balaban J connectivity index is 1.97. The zero-order valence-electron chi connectivity index (χ0n) is 10.2. The summed E-state index contributed by atoms with van der Waals surface area (Å²) < 4.78 is 18.4. The van der Waals surface area contributed by atoms with Gasteiger partial charge in [-0.3, -0.25) is 4.79 Å². The van der Waals surface area contributed by atoms with Crippen LogP contribution in [0, 0.1) is 12.7 Å². The largest absolute Gasteiger partial charge is 0.386 e. The third kappa shape index (κ3) is 2.86. The van der Waals surface area contributed by atoms with Crippen molar-refractivity contribution in [2.45, 2.75) is 18.9 Å². The van der Waals surface area contributed by atoms with Crippen molar-refractivity contribution in [2.75, 3.05) is 19.8 Å². The number of amides is 1. The average molecular weight is 253 g/mol. The third-order valence-electron chi connectivity index (χ3n) is 3.09. The van der Waals surface area contributed by atoms with E-state index in [0.717, 1.165) is 0 Å². The van der Waals surface area contributed by atoms with E-state index in [1.807, 2.05) is 0 Å². The maximum Gasteiger partial charge on any atom is 0.251 e. The molecule has 1 atom stereocenters. The number of aryl methyl sites for hydroxylation is 1. The van der Waals surface area contributed by atoms with Crippen molar-refractivity contribution in [3.8, 4) is 0 Å². The van der Waals surface area contributed by atoms with Gasteiger partial charge in [0.15, 0.2) is 0 Å². The lowest BCUT2D eigenvalue weighted by Gasteiger charge is -2.20. The predicted octanol–water partition coefficient (Wildman–Crippen LogP) is 1.02. The van der Waals surface area contributed by atoms with E-state index in [2.05, 4.69) is 5.32 Å². The highest BCUT2D eigenvalue weighted by atomic mass is 19.1. The van der Waals surface area contributed by atoms with E-state index in [4.69, 9.17) is 4.74 Å². The molecule has 2 N–H and O–H groups in total. The molecule has 1 aromatic carbocycles. The summed E-state index contributed by atoms with van der Waals surface area (Å²) in [5.41, 5.74) is -0.256. The number of ether oxygens (including phenoxy) is 1. The van der Waals surface area contributed by atoms with Gasteiger partial charge in [0.05, 0.1) is 6.61 Å². The number of carbonyl (C=O) groups excluding carboxylic acids is 1. The fourth-order valence-corrected chi connectivity index (χ4v) is 1.82. The van der Waals surface area contributed by atoms with Crippen LogP contribution in [0.3, 0.4) is 0 Å². The maximum absolute atomic E-state index is 13.3. The van der Waals surface area contributed by atoms with Crippen LogP contribution in [0.2, 0.25) is 0 Å². The summed E-state index contributed by atoms with van der Waals surface area (Å²) >= 11 is 0. The van der Waals surface area contributed by atoms with Crippen molar-refractivity contribution in [2.24, 2.45) is 0 Å². The minimum Gasteiger partial charge on any atom is -0.386 e. The second-order valence-corrected chi connectivity index (χ2v) is 4.67. The van der Waals surface area contributed by atoms with E-state index in [-0.39, 0.29) is 18.7 Å². The fraction of sp³-hybridized carbons (Fsp3) is 0.462. The molecule has 1 aliphatic rings. The van der Waals surface area contributed by atoms with Crippen molar-refractivity contribution < 1.29 is 19.0 Å². The first kappa shape index (κ1) is 13.0. The summed E-state index contributed by atoms with van der Waals surface area (Å²) in [6, 6.07) is 4.31. The van der Waals surface area contributed by atoms with Gasteiger partial charge in [-0.05, 0) is 24.6 Å². The SMILES string of the molecule is Cc1ccc(C(=O)NCC2(O)CCOC2)cc1F. The Hall–Kier alpha value is -1.46. The number of carbonyl (C=O) groups is 1. The molecule has 2 rings (SSSR count). The van der Waals surface area contributed by atoms with E-state index in [9.17, 15) is 14.3 Å². The third-order valence-corrected chi connectivity index (χ3v) is 3.09. The molecule has 1 heterocycles. The minimum absolute atomic E-state index is 0.112. The monoisotopic (exact) mass is 253 g/mol. The molecule has 0 aromatic heterocycles. The van der Waals surface area contributed by atoms with Crippen LogP contribution in [-0.2, 0) is 4.74 Å². The Kier molecular flexibility index (Phi) is 3.63. The topological polar surface area (TPSA) is 58.6 Å². The van der Waals surface area contributed by atoms with Crippen LogP contribution < -0.4 is 5.32 Å². The molecular formula is C13H16FNO3. The smallest absolute Gasteiger partial charge is 0.251 e. The van der Waals surface area contributed by atoms with Gasteiger partial charge in [-0.1, -0.05) is 6.07 Å². The highest BCUT2D eigenvalue weighted by Crippen LogP contribution is 2.17. The number of aliphatic hydroxyl groups is 1. The zero-order chi connectivity index (χ0) is 13.2. The zero-order valence-corrected chi connectivity index (χ0v) is 10.2. The Morgan fingerprint density at radius 2 is 2.39 bits per heavy atom. The van der Waals surface area contributed by atoms with Gasteiger partial charge >= 0.3 is 0 Å². The molecule has 1 aromatic rings. The summed E-state index contributed by atoms with van der Waals surface area (Å²) in [4.78, 5) is 11.8. The second kappa shape index (κ2) is 5.04. The number of benzene rings is 1. The van der Waals surface area contributed by atoms with Gasteiger partial charge in [-0.25, -0.2) is 4.39 Å². The first-order chi connectivity index (χ1) is 8.50. The normalized spacial score (nSPS) is 23.1. The lowest BCUT2D eigenvalue weighted by Crippen LogP contribution is -2.43. The first-order valence-corrected chi connectivity index (χ1v) is 5.85. The van der Waals surface area contributed by atoms with E-state index < -0.39 is 17.3 Å². The van der Waals surface area contributed by atoms with Crippen molar-refractivity contribution >= 4 is 5.91 Å². The summed E-state index contributed by atoms with van der Waals surface area (Å²) in [7, 11) is 0. The predicted molar refractivity (Wildman–Crippen MR) is 63.9 cm³/mol. The maximum atomic E-state index is 13.3. The van der Waals surface area contributed by atoms with E-state index in [1.165, 1.54) is 6.07 Å². The van der Waals surface area contributed by atoms with Crippen LogP contribution in [0.15, 0.2) is 18.2 Å². The Morgan fingerprint density at radius 1 is 1.61 bits per heavy atom. The number of halogens is 1. The molecule has 0 spiro atoms. The van der Waals surface area contributed by atoms with Crippen LogP contribution in [0.4, 0.5) is 4.39 Å². The molecule has 0 radical (unpaired) electrons. The standard InChI is InChI=1S/C13H16FNO3/c1-9-2-3-10(6-11(9)14)12(16)15-7-13(17)4-5-18-8-13/h2-3,6,17H,4-5,7-8H2,1H3,(H,15,16). The van der Waals surface area contributed by atoms with Gasteiger partial charge < -0.3 is 15.2 Å². The van der Waals surface area contributed by atoms with Crippen molar-refractivity contribution in [1.29, 1.82) is 0 Å². The van der Waals surface area contributed by atoms with E-state index in [1.54, 1.807) is 19.1 Å². The van der Waals surface area contributed by atoms with Gasteiger partial charge in [0.1, 0.15) is 11.4 Å². The van der Waals surface area contributed by atoms with Gasteiger partial charge in [0, 0.05) is 25.1 Å². The van der Waals surface area contributed by atoms with Crippen LogP contribution in [-0.4, -0.2) is 36.4 Å². The summed E-state index contributed by atoms with van der Waals surface area (Å²) in [6.45, 7) is 2.46. The Labute approximate surface area is 105 Å². The molecule has 18 heavy (non-hydrogen) atoms. The van der Waals surface area contributed by atoms with E-state index in [0.29, 0.717) is 18.6 Å². The molecule has 4 nitrogen and oxygen atoms in total. The molecular weight excluding hydrogens is 237 g/mol. The lowest BCUT2D eigenvalue weighted by molar-refractivity contribution is 0.0264. The van der Waals surface area contributed by atoms with Crippen molar-refractivity contribution in [3.63, 3.8) is 0 Å². The molecule has 0 aliphatic carbocycles. The van der Waals surface area contributed by atoms with Crippen LogP contribution in [0.25, 0.3) is 0 Å². The molecule has 1 fully saturated rings. The average Bonchev–Trinajstić information content (AvgIpc) is 2.77. The highest BCUT2D eigenvalue weighted by molar-refractivity contribution is 5.94. The molecule has 0 bridgehead atoms. The summed E-state index contributed by atoms with van der Waals surface area (Å²) in [5.74, 6) is -0.806. The van der Waals surface area contributed by atoms with Crippen LogP contribution in [0.5, 0.6) is 0 Å². The number of hydrogen-bond acceptors (Lipinski definition) is 3. The van der Waals surface area contributed by atoms with Gasteiger partial charge in [-0.2, -0.15) is 0 Å². The molecule has 1 saturated heterocycles. The van der Waals surface area contributed by atoms with Gasteiger partial charge in [-0.15, -0.1) is 0 Å². The first-order valence-electron chi connectivity index (χ1n) is 5.85. The van der Waals surface area contributed by atoms with Crippen LogP contribution >= 0.6 is 0 Å². The number of hydrogen-bond donors (Lipinski definition) is 2. The molecule has 1 unspecified atom stereocenters. The molecule has 98 valence electrons. The van der Waals surface area contributed by atoms with E-state index >= 15 is 0 Å². The molecule has 5 heteroatoms. The molecule has 1 amide bonds. The van der Waals surface area contributed by atoms with Gasteiger partial charge in [0.2, 0.25) is 0 Å². The number of rotatable bonds is 3. The van der Waals surface area contributed by atoms with Crippen LogP contribution in [0.1, 0.15) is 22.3 Å². The summed E-state index contributed by atoms with van der Waals surface area (Å²) in [5, 5.41) is 12.6. The second-order valence-electron chi connectivity index (χ2n) is 4.67. The van der Waals surface area contributed by atoms with Gasteiger partial charge in [0.25, 0.3) is 5.91 Å². The highest BCUT2D eigenvalue weighted by Gasteiger charge is 2.32. The molecule has 0 saturated carbocycles. The van der Waals surface area contributed by atoms with Crippen molar-refractivity contribution in [1.82, 2.24) is 5.32 Å². The fourth-order valence-electron chi connectivity index (χ4n) is 1.82.